The van der Waals surface area contributed by atoms with E-state index in [9.17, 15) is 24.0 Å². The Labute approximate surface area is 369 Å². The number of unbranched alkanes of at least 4 members (excludes halogenated alkanes) is 19. The molecule has 0 N–H and O–H groups in total. The SMILES string of the molecule is CCCCCCCCCCCCCC/C(=C/[C@@H](CCCCCCCCCCCC(C)CC)OC(C)=O)CO[C@@H]1O[C@H](COC(C)=O)[C@@H](OC(C)=O)[C@H](OC(C)=O)[C@H]1OC(C)=O. The van der Waals surface area contributed by atoms with Gasteiger partial charge in [-0.1, -0.05) is 156 Å². The number of carbonyl (C=O) groups excluding carboxylic acids is 5. The van der Waals surface area contributed by atoms with Crippen molar-refractivity contribution in [1.82, 2.24) is 0 Å². The van der Waals surface area contributed by atoms with E-state index in [2.05, 4.69) is 20.8 Å². The molecular formula is C49H86O12. The van der Waals surface area contributed by atoms with Crippen molar-refractivity contribution in [2.24, 2.45) is 5.92 Å². The molecule has 1 saturated heterocycles. The van der Waals surface area contributed by atoms with Gasteiger partial charge in [0, 0.05) is 34.6 Å². The lowest BCUT2D eigenvalue weighted by Gasteiger charge is -2.44. The normalized spacial score (nSPS) is 20.1. The molecule has 1 rings (SSSR count). The Morgan fingerprint density at radius 2 is 1.00 bits per heavy atom. The standard InChI is InChI=1S/C49H86O12/c1-9-11-12-13-14-15-16-17-20-23-26-29-32-43(34-44(57-39(5)51)33-30-27-24-21-18-19-22-25-28-31-37(3)10-2)35-56-49-48(60-42(8)54)47(59-41(7)53)46(58-40(6)52)45(61-49)36-55-38(4)50/h34,37,44-49H,9-33,35-36H2,1-8H3/b43-34-/t37?,44-,45-,46-,47+,48-,49-/m1/s1. The van der Waals surface area contributed by atoms with E-state index in [4.69, 9.17) is 33.2 Å². The molecule has 0 radical (unpaired) electrons. The highest BCUT2D eigenvalue weighted by Crippen LogP contribution is 2.31. The van der Waals surface area contributed by atoms with Crippen molar-refractivity contribution in [3.63, 3.8) is 0 Å². The van der Waals surface area contributed by atoms with E-state index in [1.165, 1.54) is 144 Å². The highest BCUT2D eigenvalue weighted by molar-refractivity contribution is 5.69. The van der Waals surface area contributed by atoms with Crippen molar-refractivity contribution in [3.05, 3.63) is 11.6 Å². The van der Waals surface area contributed by atoms with Gasteiger partial charge in [-0.15, -0.1) is 0 Å². The largest absolute Gasteiger partial charge is 0.463 e. The molecule has 1 fully saturated rings. The maximum atomic E-state index is 12.4. The lowest BCUT2D eigenvalue weighted by atomic mass is 9.98. The highest BCUT2D eigenvalue weighted by atomic mass is 16.7. The first-order valence-corrected chi connectivity index (χ1v) is 24.1. The van der Waals surface area contributed by atoms with Gasteiger partial charge in [0.1, 0.15) is 18.8 Å². The fourth-order valence-corrected chi connectivity index (χ4v) is 7.84. The molecule has 61 heavy (non-hydrogen) atoms. The van der Waals surface area contributed by atoms with E-state index < -0.39 is 60.7 Å². The molecule has 0 saturated carbocycles. The summed E-state index contributed by atoms with van der Waals surface area (Å²) in [5.74, 6) is -2.24. The number of rotatable bonds is 36. The van der Waals surface area contributed by atoms with E-state index >= 15 is 0 Å². The van der Waals surface area contributed by atoms with E-state index in [1.54, 1.807) is 0 Å². The highest BCUT2D eigenvalue weighted by Gasteiger charge is 2.52. The second-order valence-corrected chi connectivity index (χ2v) is 17.3. The Bertz CT molecular complexity index is 1230. The fourth-order valence-electron chi connectivity index (χ4n) is 7.84. The molecule has 0 aliphatic carbocycles. The third-order valence-corrected chi connectivity index (χ3v) is 11.4. The Morgan fingerprint density at radius 3 is 1.48 bits per heavy atom. The molecule has 1 aliphatic rings. The minimum atomic E-state index is -1.32. The molecule has 1 heterocycles. The first-order chi connectivity index (χ1) is 29.3. The van der Waals surface area contributed by atoms with Gasteiger partial charge in [-0.3, -0.25) is 24.0 Å². The maximum Gasteiger partial charge on any atom is 0.303 e. The first-order valence-electron chi connectivity index (χ1n) is 24.1. The monoisotopic (exact) mass is 867 g/mol. The molecule has 0 amide bonds. The number of esters is 5. The van der Waals surface area contributed by atoms with Crippen LogP contribution in [0.1, 0.15) is 216 Å². The van der Waals surface area contributed by atoms with E-state index in [0.29, 0.717) is 12.8 Å². The third kappa shape index (κ3) is 29.1. The van der Waals surface area contributed by atoms with Crippen molar-refractivity contribution in [3.8, 4) is 0 Å². The van der Waals surface area contributed by atoms with Gasteiger partial charge in [-0.05, 0) is 43.3 Å². The number of ether oxygens (including phenoxy) is 7. The molecule has 0 bridgehead atoms. The Balaban J connectivity index is 3.10. The Hall–Kier alpha value is -2.99. The van der Waals surface area contributed by atoms with E-state index in [1.807, 2.05) is 6.08 Å². The van der Waals surface area contributed by atoms with Crippen molar-refractivity contribution in [2.75, 3.05) is 13.2 Å². The Morgan fingerprint density at radius 1 is 0.541 bits per heavy atom. The van der Waals surface area contributed by atoms with Crippen LogP contribution in [0.15, 0.2) is 11.6 Å². The van der Waals surface area contributed by atoms with Gasteiger partial charge in [0.2, 0.25) is 0 Å². The number of hydrogen-bond acceptors (Lipinski definition) is 12. The van der Waals surface area contributed by atoms with Gasteiger partial charge in [-0.25, -0.2) is 0 Å². The quantitative estimate of drug-likeness (QED) is 0.0255. The summed E-state index contributed by atoms with van der Waals surface area (Å²) in [6.07, 6.45) is 24.5. The summed E-state index contributed by atoms with van der Waals surface area (Å²) >= 11 is 0. The second kappa shape index (κ2) is 35.5. The minimum absolute atomic E-state index is 0.0287. The summed E-state index contributed by atoms with van der Waals surface area (Å²) in [6, 6.07) is 0. The van der Waals surface area contributed by atoms with Gasteiger partial charge in [0.15, 0.2) is 24.6 Å². The second-order valence-electron chi connectivity index (χ2n) is 17.3. The van der Waals surface area contributed by atoms with Crippen LogP contribution >= 0.6 is 0 Å². The lowest BCUT2D eigenvalue weighted by Crippen LogP contribution is -2.63. The molecule has 0 aromatic heterocycles. The van der Waals surface area contributed by atoms with Gasteiger partial charge in [0.25, 0.3) is 0 Å². The molecular weight excluding hydrogens is 781 g/mol. The van der Waals surface area contributed by atoms with Crippen molar-refractivity contribution in [1.29, 1.82) is 0 Å². The third-order valence-electron chi connectivity index (χ3n) is 11.4. The molecule has 12 heteroatoms. The van der Waals surface area contributed by atoms with Crippen LogP contribution < -0.4 is 0 Å². The zero-order chi connectivity index (χ0) is 45.3. The average Bonchev–Trinajstić information content (AvgIpc) is 3.19. The predicted molar refractivity (Wildman–Crippen MR) is 237 cm³/mol. The number of carbonyl (C=O) groups is 5. The van der Waals surface area contributed by atoms with E-state index in [-0.39, 0.29) is 19.2 Å². The summed E-state index contributed by atoms with van der Waals surface area (Å²) in [7, 11) is 0. The summed E-state index contributed by atoms with van der Waals surface area (Å²) < 4.78 is 40.4. The van der Waals surface area contributed by atoms with Gasteiger partial charge >= 0.3 is 29.8 Å². The molecule has 354 valence electrons. The van der Waals surface area contributed by atoms with Crippen LogP contribution in [0.5, 0.6) is 0 Å². The van der Waals surface area contributed by atoms with Crippen LogP contribution in [0.25, 0.3) is 0 Å². The molecule has 12 nitrogen and oxygen atoms in total. The summed E-state index contributed by atoms with van der Waals surface area (Å²) in [5.41, 5.74) is 0.888. The lowest BCUT2D eigenvalue weighted by molar-refractivity contribution is -0.306. The fraction of sp³-hybridized carbons (Fsp3) is 0.857. The van der Waals surface area contributed by atoms with Gasteiger partial charge < -0.3 is 33.2 Å². The van der Waals surface area contributed by atoms with Crippen molar-refractivity contribution < 1.29 is 57.1 Å². The van der Waals surface area contributed by atoms with Gasteiger partial charge in [-0.2, -0.15) is 0 Å². The minimum Gasteiger partial charge on any atom is -0.463 e. The topological polar surface area (TPSA) is 150 Å². The Kier molecular flexibility index (Phi) is 32.6. The first kappa shape index (κ1) is 56.0. The van der Waals surface area contributed by atoms with Gasteiger partial charge in [0.05, 0.1) is 6.61 Å². The zero-order valence-electron chi connectivity index (χ0n) is 39.6. The van der Waals surface area contributed by atoms with Crippen LogP contribution in [0.3, 0.4) is 0 Å². The predicted octanol–water partition coefficient (Wildman–Crippen LogP) is 11.4. The molecule has 0 aromatic rings. The van der Waals surface area contributed by atoms with Crippen LogP contribution in [0.2, 0.25) is 0 Å². The molecule has 0 spiro atoms. The molecule has 1 aliphatic heterocycles. The van der Waals surface area contributed by atoms with Crippen LogP contribution in [-0.4, -0.2) is 79.9 Å². The maximum absolute atomic E-state index is 12.4. The molecule has 7 atom stereocenters. The van der Waals surface area contributed by atoms with Crippen LogP contribution in [-0.2, 0) is 57.1 Å². The van der Waals surface area contributed by atoms with E-state index in [0.717, 1.165) is 50.0 Å². The van der Waals surface area contributed by atoms with Crippen molar-refractivity contribution >= 4 is 29.8 Å². The summed E-state index contributed by atoms with van der Waals surface area (Å²) in [6.45, 7) is 12.7. The summed E-state index contributed by atoms with van der Waals surface area (Å²) in [5, 5.41) is 0. The molecule has 0 aromatic carbocycles. The van der Waals surface area contributed by atoms with Crippen molar-refractivity contribution in [2.45, 2.75) is 253 Å². The smallest absolute Gasteiger partial charge is 0.303 e. The summed E-state index contributed by atoms with van der Waals surface area (Å²) in [4.78, 5) is 61.0. The number of hydrogen-bond donors (Lipinski definition) is 0. The van der Waals surface area contributed by atoms with Crippen LogP contribution in [0, 0.1) is 5.92 Å². The molecule has 1 unspecified atom stereocenters. The zero-order valence-corrected chi connectivity index (χ0v) is 39.6. The van der Waals surface area contributed by atoms with Crippen LogP contribution in [0.4, 0.5) is 0 Å². The average molecular weight is 867 g/mol.